The SMILES string of the molecule is CC(C)COC(=O)c1ccc(NC(=O)CC(C)N2CCCC2)cc1. The Bertz CT molecular complexity index is 548. The van der Waals surface area contributed by atoms with E-state index in [1.807, 2.05) is 13.8 Å². The second-order valence-corrected chi connectivity index (χ2v) is 6.91. The van der Waals surface area contributed by atoms with Gasteiger partial charge in [-0.05, 0) is 63.0 Å². The summed E-state index contributed by atoms with van der Waals surface area (Å²) >= 11 is 0. The Balaban J connectivity index is 1.82. The van der Waals surface area contributed by atoms with Crippen LogP contribution in [0.3, 0.4) is 0 Å². The first-order valence-corrected chi connectivity index (χ1v) is 8.77. The molecule has 1 atom stereocenters. The molecule has 5 heteroatoms. The maximum atomic E-state index is 12.1. The summed E-state index contributed by atoms with van der Waals surface area (Å²) in [4.78, 5) is 26.4. The summed E-state index contributed by atoms with van der Waals surface area (Å²) < 4.78 is 5.19. The average molecular weight is 332 g/mol. The third-order valence-corrected chi connectivity index (χ3v) is 4.20. The zero-order valence-corrected chi connectivity index (χ0v) is 14.9. The Morgan fingerprint density at radius 1 is 1.12 bits per heavy atom. The van der Waals surface area contributed by atoms with Crippen LogP contribution in [0, 0.1) is 5.92 Å². The van der Waals surface area contributed by atoms with E-state index in [2.05, 4.69) is 17.1 Å². The van der Waals surface area contributed by atoms with Crippen molar-refractivity contribution in [3.8, 4) is 0 Å². The van der Waals surface area contributed by atoms with Gasteiger partial charge in [0.25, 0.3) is 0 Å². The monoisotopic (exact) mass is 332 g/mol. The molecule has 1 aromatic rings. The van der Waals surface area contributed by atoms with Crippen LogP contribution >= 0.6 is 0 Å². The number of hydrogen-bond acceptors (Lipinski definition) is 4. The largest absolute Gasteiger partial charge is 0.462 e. The number of carbonyl (C=O) groups is 2. The molecular formula is C19H28N2O3. The predicted molar refractivity (Wildman–Crippen MR) is 95.1 cm³/mol. The van der Waals surface area contributed by atoms with Crippen LogP contribution in [0.2, 0.25) is 0 Å². The van der Waals surface area contributed by atoms with Crippen LogP contribution in [0.25, 0.3) is 0 Å². The van der Waals surface area contributed by atoms with Gasteiger partial charge in [-0.3, -0.25) is 4.79 Å². The Morgan fingerprint density at radius 3 is 2.33 bits per heavy atom. The third-order valence-electron chi connectivity index (χ3n) is 4.20. The molecule has 1 N–H and O–H groups in total. The lowest BCUT2D eigenvalue weighted by Gasteiger charge is -2.23. The maximum absolute atomic E-state index is 12.1. The number of carbonyl (C=O) groups excluding carboxylic acids is 2. The van der Waals surface area contributed by atoms with Crippen molar-refractivity contribution in [3.63, 3.8) is 0 Å². The van der Waals surface area contributed by atoms with Crippen LogP contribution in [0.15, 0.2) is 24.3 Å². The molecule has 1 aliphatic heterocycles. The summed E-state index contributed by atoms with van der Waals surface area (Å²) in [6, 6.07) is 7.11. The van der Waals surface area contributed by atoms with Crippen molar-refractivity contribution >= 4 is 17.6 Å². The van der Waals surface area contributed by atoms with Gasteiger partial charge < -0.3 is 15.0 Å². The van der Waals surface area contributed by atoms with E-state index in [1.165, 1.54) is 12.8 Å². The van der Waals surface area contributed by atoms with Crippen molar-refractivity contribution in [2.45, 2.75) is 46.1 Å². The quantitative estimate of drug-likeness (QED) is 0.778. The first kappa shape index (κ1) is 18.5. The minimum atomic E-state index is -0.329. The van der Waals surface area contributed by atoms with E-state index in [-0.39, 0.29) is 17.9 Å². The van der Waals surface area contributed by atoms with Crippen LogP contribution in [-0.2, 0) is 9.53 Å². The van der Waals surface area contributed by atoms with E-state index < -0.39 is 0 Å². The van der Waals surface area contributed by atoms with E-state index in [9.17, 15) is 9.59 Å². The van der Waals surface area contributed by atoms with Crippen LogP contribution in [-0.4, -0.2) is 42.5 Å². The topological polar surface area (TPSA) is 58.6 Å². The fourth-order valence-electron chi connectivity index (χ4n) is 2.81. The summed E-state index contributed by atoms with van der Waals surface area (Å²) in [7, 11) is 0. The summed E-state index contributed by atoms with van der Waals surface area (Å²) in [5.41, 5.74) is 1.20. The van der Waals surface area contributed by atoms with Gasteiger partial charge in [-0.1, -0.05) is 13.8 Å². The Kier molecular flexibility index (Phi) is 6.79. The summed E-state index contributed by atoms with van der Waals surface area (Å²) in [5.74, 6) is -0.0149. The average Bonchev–Trinajstić information content (AvgIpc) is 3.07. The smallest absolute Gasteiger partial charge is 0.338 e. The second kappa shape index (κ2) is 8.83. The summed E-state index contributed by atoms with van der Waals surface area (Å²) in [6.07, 6.45) is 2.93. The molecule has 1 fully saturated rings. The number of esters is 1. The third kappa shape index (κ3) is 5.64. The molecule has 1 amide bonds. The van der Waals surface area contributed by atoms with E-state index in [0.717, 1.165) is 13.1 Å². The lowest BCUT2D eigenvalue weighted by molar-refractivity contribution is -0.117. The molecule has 1 heterocycles. The number of hydrogen-bond donors (Lipinski definition) is 1. The highest BCUT2D eigenvalue weighted by atomic mass is 16.5. The molecule has 0 spiro atoms. The Hall–Kier alpha value is -1.88. The molecule has 1 aliphatic rings. The van der Waals surface area contributed by atoms with Gasteiger partial charge in [0.2, 0.25) is 5.91 Å². The number of likely N-dealkylation sites (tertiary alicyclic amines) is 1. The standard InChI is InChI=1S/C19H28N2O3/c1-14(2)13-24-19(23)16-6-8-17(9-7-16)20-18(22)12-15(3)21-10-4-5-11-21/h6-9,14-15H,4-5,10-13H2,1-3H3,(H,20,22). The molecule has 1 unspecified atom stereocenters. The van der Waals surface area contributed by atoms with Gasteiger partial charge in [0.1, 0.15) is 0 Å². The van der Waals surface area contributed by atoms with E-state index in [0.29, 0.717) is 30.2 Å². The van der Waals surface area contributed by atoms with E-state index in [1.54, 1.807) is 24.3 Å². The van der Waals surface area contributed by atoms with E-state index >= 15 is 0 Å². The molecule has 1 saturated heterocycles. The first-order chi connectivity index (χ1) is 11.5. The van der Waals surface area contributed by atoms with Crippen molar-refractivity contribution in [2.75, 3.05) is 25.0 Å². The molecule has 0 aliphatic carbocycles. The molecule has 0 saturated carbocycles. The molecule has 0 aromatic heterocycles. The highest BCUT2D eigenvalue weighted by molar-refractivity contribution is 5.93. The molecule has 1 aromatic carbocycles. The number of ether oxygens (including phenoxy) is 1. The van der Waals surface area contributed by atoms with Gasteiger partial charge in [-0.2, -0.15) is 0 Å². The van der Waals surface area contributed by atoms with Gasteiger partial charge in [-0.15, -0.1) is 0 Å². The van der Waals surface area contributed by atoms with Gasteiger partial charge in [-0.25, -0.2) is 4.79 Å². The molecule has 0 bridgehead atoms. The molecule has 5 nitrogen and oxygen atoms in total. The molecular weight excluding hydrogens is 304 g/mol. The summed E-state index contributed by atoms with van der Waals surface area (Å²) in [5, 5.41) is 2.89. The molecule has 0 radical (unpaired) electrons. The number of amides is 1. The Morgan fingerprint density at radius 2 is 1.75 bits per heavy atom. The van der Waals surface area contributed by atoms with Gasteiger partial charge >= 0.3 is 5.97 Å². The number of anilines is 1. The highest BCUT2D eigenvalue weighted by Gasteiger charge is 2.20. The van der Waals surface area contributed by atoms with Gasteiger partial charge in [0.15, 0.2) is 0 Å². The lowest BCUT2D eigenvalue weighted by atomic mass is 10.1. The van der Waals surface area contributed by atoms with Gasteiger partial charge in [0.05, 0.1) is 12.2 Å². The van der Waals surface area contributed by atoms with Crippen LogP contribution in [0.4, 0.5) is 5.69 Å². The summed E-state index contributed by atoms with van der Waals surface area (Å²) in [6.45, 7) is 8.66. The minimum absolute atomic E-state index is 0.00420. The predicted octanol–water partition coefficient (Wildman–Crippen LogP) is 3.31. The highest BCUT2D eigenvalue weighted by Crippen LogP contribution is 2.15. The fourth-order valence-corrected chi connectivity index (χ4v) is 2.81. The zero-order chi connectivity index (χ0) is 17.5. The first-order valence-electron chi connectivity index (χ1n) is 8.77. The second-order valence-electron chi connectivity index (χ2n) is 6.91. The number of benzene rings is 1. The number of nitrogens with one attached hydrogen (secondary N) is 1. The molecule has 2 rings (SSSR count). The van der Waals surface area contributed by atoms with Crippen LogP contribution < -0.4 is 5.32 Å². The van der Waals surface area contributed by atoms with Crippen LogP contribution in [0.1, 0.15) is 50.4 Å². The Labute approximate surface area is 144 Å². The number of rotatable bonds is 7. The number of nitrogens with zero attached hydrogens (tertiary/aromatic N) is 1. The molecule has 132 valence electrons. The van der Waals surface area contributed by atoms with Gasteiger partial charge in [0, 0.05) is 18.2 Å². The van der Waals surface area contributed by atoms with Crippen molar-refractivity contribution in [1.82, 2.24) is 4.90 Å². The van der Waals surface area contributed by atoms with Crippen molar-refractivity contribution in [3.05, 3.63) is 29.8 Å². The zero-order valence-electron chi connectivity index (χ0n) is 14.9. The lowest BCUT2D eigenvalue weighted by Crippen LogP contribution is -2.33. The van der Waals surface area contributed by atoms with Crippen molar-refractivity contribution in [1.29, 1.82) is 0 Å². The normalized spacial score (nSPS) is 16.2. The van der Waals surface area contributed by atoms with Crippen molar-refractivity contribution in [2.24, 2.45) is 5.92 Å². The maximum Gasteiger partial charge on any atom is 0.338 e. The fraction of sp³-hybridized carbons (Fsp3) is 0.579. The van der Waals surface area contributed by atoms with Crippen molar-refractivity contribution < 1.29 is 14.3 Å². The van der Waals surface area contributed by atoms with Crippen LogP contribution in [0.5, 0.6) is 0 Å². The van der Waals surface area contributed by atoms with E-state index in [4.69, 9.17) is 4.74 Å². The minimum Gasteiger partial charge on any atom is -0.462 e. The molecule has 24 heavy (non-hydrogen) atoms.